The van der Waals surface area contributed by atoms with E-state index in [9.17, 15) is 10.2 Å². The highest BCUT2D eigenvalue weighted by Gasteiger charge is 2.24. The van der Waals surface area contributed by atoms with Gasteiger partial charge in [0.05, 0.1) is 12.2 Å². The Kier molecular flexibility index (Phi) is 4.61. The van der Waals surface area contributed by atoms with Gasteiger partial charge < -0.3 is 14.9 Å². The third kappa shape index (κ3) is 3.24. The van der Waals surface area contributed by atoms with Crippen LogP contribution in [0.25, 0.3) is 0 Å². The molecule has 0 aliphatic heterocycles. The van der Waals surface area contributed by atoms with E-state index < -0.39 is 12.2 Å². The van der Waals surface area contributed by atoms with Gasteiger partial charge in [0.1, 0.15) is 11.9 Å². The summed E-state index contributed by atoms with van der Waals surface area (Å²) in [5, 5.41) is 19.8. The average molecular weight is 250 g/mol. The van der Waals surface area contributed by atoms with E-state index in [1.807, 2.05) is 24.3 Å². The van der Waals surface area contributed by atoms with Gasteiger partial charge in [0.25, 0.3) is 0 Å². The maximum absolute atomic E-state index is 10.1. The van der Waals surface area contributed by atoms with Gasteiger partial charge in [-0.3, -0.25) is 0 Å². The Morgan fingerprint density at radius 3 is 2.67 bits per heavy atom. The van der Waals surface area contributed by atoms with Crippen molar-refractivity contribution in [2.24, 2.45) is 0 Å². The average Bonchev–Trinajstić information content (AvgIpc) is 2.55. The zero-order chi connectivity index (χ0) is 13.0. The molecule has 0 amide bonds. The zero-order valence-corrected chi connectivity index (χ0v) is 10.9. The number of para-hydroxylation sites is 1. The van der Waals surface area contributed by atoms with Crippen LogP contribution in [0.15, 0.2) is 24.3 Å². The van der Waals surface area contributed by atoms with Crippen LogP contribution < -0.4 is 4.74 Å². The topological polar surface area (TPSA) is 49.7 Å². The fourth-order valence-electron chi connectivity index (χ4n) is 2.49. The molecule has 0 saturated heterocycles. The van der Waals surface area contributed by atoms with Crippen LogP contribution in [0, 0.1) is 0 Å². The minimum absolute atomic E-state index is 0.146. The molecule has 18 heavy (non-hydrogen) atoms. The van der Waals surface area contributed by atoms with Gasteiger partial charge in [-0.25, -0.2) is 0 Å². The van der Waals surface area contributed by atoms with Crippen LogP contribution >= 0.6 is 0 Å². The largest absolute Gasteiger partial charge is 0.487 e. The van der Waals surface area contributed by atoms with E-state index in [2.05, 4.69) is 0 Å². The molecule has 3 atom stereocenters. The number of hydrogen-bond donors (Lipinski definition) is 2. The minimum atomic E-state index is -0.552. The van der Waals surface area contributed by atoms with Crippen molar-refractivity contribution in [3.63, 3.8) is 0 Å². The van der Waals surface area contributed by atoms with Crippen molar-refractivity contribution >= 4 is 0 Å². The van der Waals surface area contributed by atoms with Gasteiger partial charge in [0, 0.05) is 5.56 Å². The van der Waals surface area contributed by atoms with Crippen LogP contribution in [0.1, 0.15) is 50.7 Å². The van der Waals surface area contributed by atoms with E-state index in [4.69, 9.17) is 4.74 Å². The van der Waals surface area contributed by atoms with Crippen LogP contribution in [0.3, 0.4) is 0 Å². The summed E-state index contributed by atoms with van der Waals surface area (Å²) in [6.07, 6.45) is 3.93. The van der Waals surface area contributed by atoms with E-state index in [0.717, 1.165) is 37.7 Å². The lowest BCUT2D eigenvalue weighted by Crippen LogP contribution is -2.30. The van der Waals surface area contributed by atoms with E-state index in [1.165, 1.54) is 0 Å². The predicted octanol–water partition coefficient (Wildman–Crippen LogP) is 2.81. The van der Waals surface area contributed by atoms with Crippen molar-refractivity contribution in [2.45, 2.75) is 57.3 Å². The second kappa shape index (κ2) is 6.21. The highest BCUT2D eigenvalue weighted by atomic mass is 16.5. The van der Waals surface area contributed by atoms with Gasteiger partial charge in [-0.05, 0) is 32.3 Å². The van der Waals surface area contributed by atoms with Gasteiger partial charge in [0.2, 0.25) is 0 Å². The number of hydrogen-bond acceptors (Lipinski definition) is 3. The van der Waals surface area contributed by atoms with E-state index in [0.29, 0.717) is 5.75 Å². The van der Waals surface area contributed by atoms with Crippen molar-refractivity contribution in [1.82, 2.24) is 0 Å². The van der Waals surface area contributed by atoms with Gasteiger partial charge in [0.15, 0.2) is 0 Å². The number of aliphatic hydroxyl groups is 2. The van der Waals surface area contributed by atoms with Crippen molar-refractivity contribution in [3.8, 4) is 5.75 Å². The smallest absolute Gasteiger partial charge is 0.125 e. The Hall–Kier alpha value is -1.06. The highest BCUT2D eigenvalue weighted by Crippen LogP contribution is 2.29. The molecule has 3 nitrogen and oxygen atoms in total. The zero-order valence-electron chi connectivity index (χ0n) is 10.9. The van der Waals surface area contributed by atoms with Crippen LogP contribution in [0.2, 0.25) is 0 Å². The SMILES string of the molecule is C[C@H](O)c1ccccc1OC1CCCCCC1O. The van der Waals surface area contributed by atoms with Crippen molar-refractivity contribution in [2.75, 3.05) is 0 Å². The molecular formula is C15H22O3. The van der Waals surface area contributed by atoms with Gasteiger partial charge in [-0.15, -0.1) is 0 Å². The summed E-state index contributed by atoms with van der Waals surface area (Å²) in [5.74, 6) is 0.693. The molecule has 1 aromatic carbocycles. The Bertz CT molecular complexity index is 376. The number of aliphatic hydroxyl groups excluding tert-OH is 2. The number of benzene rings is 1. The van der Waals surface area contributed by atoms with Crippen LogP contribution in [0.5, 0.6) is 5.75 Å². The molecule has 0 aromatic heterocycles. The fourth-order valence-corrected chi connectivity index (χ4v) is 2.49. The molecule has 1 aromatic rings. The van der Waals surface area contributed by atoms with Crippen molar-refractivity contribution in [3.05, 3.63) is 29.8 Å². The lowest BCUT2D eigenvalue weighted by molar-refractivity contribution is 0.0299. The lowest BCUT2D eigenvalue weighted by atomic mass is 10.1. The molecule has 0 radical (unpaired) electrons. The Morgan fingerprint density at radius 2 is 1.89 bits per heavy atom. The second-order valence-corrected chi connectivity index (χ2v) is 5.08. The molecule has 1 aliphatic carbocycles. The van der Waals surface area contributed by atoms with Gasteiger partial charge >= 0.3 is 0 Å². The van der Waals surface area contributed by atoms with Crippen LogP contribution in [-0.4, -0.2) is 22.4 Å². The molecule has 0 spiro atoms. The van der Waals surface area contributed by atoms with E-state index >= 15 is 0 Å². The van der Waals surface area contributed by atoms with E-state index in [-0.39, 0.29) is 6.10 Å². The first-order valence-corrected chi connectivity index (χ1v) is 6.80. The maximum Gasteiger partial charge on any atom is 0.125 e. The fraction of sp³-hybridized carbons (Fsp3) is 0.600. The summed E-state index contributed by atoms with van der Waals surface area (Å²) >= 11 is 0. The Morgan fingerprint density at radius 1 is 1.17 bits per heavy atom. The lowest BCUT2D eigenvalue weighted by Gasteiger charge is -2.24. The standard InChI is InChI=1S/C15H22O3/c1-11(16)12-7-5-6-9-14(12)18-15-10-4-2-3-8-13(15)17/h5-7,9,11,13,15-17H,2-4,8,10H2,1H3/t11-,13?,15?/m0/s1. The van der Waals surface area contributed by atoms with Crippen LogP contribution in [0.4, 0.5) is 0 Å². The quantitative estimate of drug-likeness (QED) is 0.811. The molecule has 2 unspecified atom stereocenters. The summed E-state index contributed by atoms with van der Waals surface area (Å²) in [6.45, 7) is 1.73. The Labute approximate surface area is 108 Å². The molecular weight excluding hydrogens is 228 g/mol. The first-order valence-electron chi connectivity index (χ1n) is 6.80. The number of rotatable bonds is 3. The molecule has 2 rings (SSSR count). The molecule has 3 heteroatoms. The van der Waals surface area contributed by atoms with Crippen molar-refractivity contribution in [1.29, 1.82) is 0 Å². The Balaban J connectivity index is 2.12. The van der Waals surface area contributed by atoms with Crippen molar-refractivity contribution < 1.29 is 14.9 Å². The van der Waals surface area contributed by atoms with E-state index in [1.54, 1.807) is 6.92 Å². The predicted molar refractivity (Wildman–Crippen MR) is 70.6 cm³/mol. The molecule has 1 aliphatic rings. The molecule has 100 valence electrons. The third-order valence-electron chi connectivity index (χ3n) is 3.57. The highest BCUT2D eigenvalue weighted by molar-refractivity contribution is 5.35. The summed E-state index contributed by atoms with van der Waals surface area (Å²) in [6, 6.07) is 7.51. The summed E-state index contributed by atoms with van der Waals surface area (Å²) < 4.78 is 5.93. The van der Waals surface area contributed by atoms with Gasteiger partial charge in [-0.2, -0.15) is 0 Å². The summed E-state index contributed by atoms with van der Waals surface area (Å²) in [4.78, 5) is 0. The minimum Gasteiger partial charge on any atom is -0.487 e. The summed E-state index contributed by atoms with van der Waals surface area (Å²) in [5.41, 5.74) is 0.786. The third-order valence-corrected chi connectivity index (χ3v) is 3.57. The van der Waals surface area contributed by atoms with Crippen LogP contribution in [-0.2, 0) is 0 Å². The first-order chi connectivity index (χ1) is 8.68. The first kappa shape index (κ1) is 13.4. The molecule has 1 saturated carbocycles. The number of ether oxygens (including phenoxy) is 1. The normalized spacial score (nSPS) is 26.4. The molecule has 0 heterocycles. The second-order valence-electron chi connectivity index (χ2n) is 5.08. The molecule has 2 N–H and O–H groups in total. The molecule has 0 bridgehead atoms. The summed E-state index contributed by atoms with van der Waals surface area (Å²) in [7, 11) is 0. The maximum atomic E-state index is 10.1. The van der Waals surface area contributed by atoms with Gasteiger partial charge in [-0.1, -0.05) is 31.0 Å². The monoisotopic (exact) mass is 250 g/mol. The molecule has 1 fully saturated rings.